The van der Waals surface area contributed by atoms with Crippen LogP contribution in [0.4, 0.5) is 10.3 Å². The lowest BCUT2D eigenvalue weighted by Gasteiger charge is -2.22. The molecule has 1 atom stereocenters. The van der Waals surface area contributed by atoms with Crippen molar-refractivity contribution in [2.45, 2.75) is 51.5 Å². The highest BCUT2D eigenvalue weighted by atomic mass is 32.2. The maximum Gasteiger partial charge on any atom is 0.242 e. The predicted molar refractivity (Wildman–Crippen MR) is 107 cm³/mol. The number of nitrogens with one attached hydrogen (secondary N) is 1. The highest BCUT2D eigenvalue weighted by Gasteiger charge is 2.34. The van der Waals surface area contributed by atoms with E-state index in [1.54, 1.807) is 4.90 Å². The van der Waals surface area contributed by atoms with Crippen LogP contribution in [-0.4, -0.2) is 59.2 Å². The Morgan fingerprint density at radius 3 is 2.88 bits per heavy atom. The summed E-state index contributed by atoms with van der Waals surface area (Å²) in [6, 6.07) is -0.173. The van der Waals surface area contributed by atoms with E-state index in [0.29, 0.717) is 18.1 Å². The zero-order valence-corrected chi connectivity index (χ0v) is 16.9. The van der Waals surface area contributed by atoms with E-state index in [-0.39, 0.29) is 17.9 Å². The van der Waals surface area contributed by atoms with E-state index in [9.17, 15) is 9.59 Å². The zero-order chi connectivity index (χ0) is 18.4. The molecule has 0 aliphatic carbocycles. The number of aromatic nitrogens is 2. The molecule has 2 saturated heterocycles. The molecule has 1 aromatic rings. The van der Waals surface area contributed by atoms with Crippen LogP contribution in [0.1, 0.15) is 45.4 Å². The fraction of sp³-hybridized carbons (Fsp3) is 0.765. The van der Waals surface area contributed by atoms with Gasteiger partial charge in [-0.1, -0.05) is 18.3 Å². The number of thioether (sulfide) groups is 1. The molecule has 0 aromatic carbocycles. The SMILES string of the molecule is CCCSCCCNC(=O)[C@@H]1CCCN1c1nnc(N2CCCC2=O)s1. The number of carbonyl (C=O) groups excluding carboxylic acids is 2. The van der Waals surface area contributed by atoms with Crippen molar-refractivity contribution in [3.8, 4) is 0 Å². The third kappa shape index (κ3) is 4.68. The minimum absolute atomic E-state index is 0.0805. The number of hydrogen-bond acceptors (Lipinski definition) is 7. The van der Waals surface area contributed by atoms with Gasteiger partial charge in [-0.05, 0) is 43.6 Å². The van der Waals surface area contributed by atoms with Crippen molar-refractivity contribution in [2.24, 2.45) is 0 Å². The number of nitrogens with zero attached hydrogens (tertiary/aromatic N) is 4. The van der Waals surface area contributed by atoms with Gasteiger partial charge in [0.25, 0.3) is 0 Å². The summed E-state index contributed by atoms with van der Waals surface area (Å²) in [6.45, 7) is 4.44. The first-order chi connectivity index (χ1) is 12.7. The molecule has 9 heteroatoms. The number of anilines is 2. The van der Waals surface area contributed by atoms with Crippen LogP contribution >= 0.6 is 23.1 Å². The fourth-order valence-electron chi connectivity index (χ4n) is 3.30. The topological polar surface area (TPSA) is 78.4 Å². The van der Waals surface area contributed by atoms with Gasteiger partial charge in [0.15, 0.2) is 0 Å². The maximum absolute atomic E-state index is 12.6. The summed E-state index contributed by atoms with van der Waals surface area (Å²) in [7, 11) is 0. The number of hydrogen-bond donors (Lipinski definition) is 1. The van der Waals surface area contributed by atoms with Crippen LogP contribution < -0.4 is 15.1 Å². The molecular weight excluding hydrogens is 370 g/mol. The summed E-state index contributed by atoms with van der Waals surface area (Å²) >= 11 is 3.35. The average molecular weight is 398 g/mol. The molecule has 2 fully saturated rings. The third-order valence-electron chi connectivity index (χ3n) is 4.62. The summed E-state index contributed by atoms with van der Waals surface area (Å²) in [5.41, 5.74) is 0. The van der Waals surface area contributed by atoms with Crippen LogP contribution in [0.15, 0.2) is 0 Å². The van der Waals surface area contributed by atoms with Gasteiger partial charge in [0.2, 0.25) is 22.1 Å². The molecule has 3 heterocycles. The standard InChI is InChI=1S/C17H27N5O2S2/c1-2-11-25-12-5-8-18-15(24)13-6-3-9-21(13)16-19-20-17(26-16)22-10-4-7-14(22)23/h13H,2-12H2,1H3,(H,18,24)/t13-/m0/s1. The van der Waals surface area contributed by atoms with Gasteiger partial charge in [0.05, 0.1) is 0 Å². The zero-order valence-electron chi connectivity index (χ0n) is 15.3. The summed E-state index contributed by atoms with van der Waals surface area (Å²) in [5, 5.41) is 12.9. The highest BCUT2D eigenvalue weighted by Crippen LogP contribution is 2.33. The average Bonchev–Trinajstić information content (AvgIpc) is 3.36. The van der Waals surface area contributed by atoms with Crippen LogP contribution in [0.25, 0.3) is 0 Å². The van der Waals surface area contributed by atoms with E-state index in [1.807, 2.05) is 16.7 Å². The normalized spacial score (nSPS) is 20.2. The molecule has 2 aliphatic rings. The van der Waals surface area contributed by atoms with E-state index in [1.165, 1.54) is 23.5 Å². The molecule has 2 aliphatic heterocycles. The van der Waals surface area contributed by atoms with E-state index < -0.39 is 0 Å². The second kappa shape index (κ2) is 9.55. The Morgan fingerprint density at radius 1 is 1.27 bits per heavy atom. The largest absolute Gasteiger partial charge is 0.354 e. The third-order valence-corrected chi connectivity index (χ3v) is 6.88. The van der Waals surface area contributed by atoms with Crippen LogP contribution in [0.5, 0.6) is 0 Å². The minimum Gasteiger partial charge on any atom is -0.354 e. The van der Waals surface area contributed by atoms with Gasteiger partial charge < -0.3 is 10.2 Å². The molecule has 0 unspecified atom stereocenters. The van der Waals surface area contributed by atoms with Crippen LogP contribution in [0.3, 0.4) is 0 Å². The molecule has 7 nitrogen and oxygen atoms in total. The van der Waals surface area contributed by atoms with Gasteiger partial charge in [-0.25, -0.2) is 0 Å². The van der Waals surface area contributed by atoms with Crippen molar-refractivity contribution in [2.75, 3.05) is 40.9 Å². The monoisotopic (exact) mass is 397 g/mol. The second-order valence-electron chi connectivity index (χ2n) is 6.62. The van der Waals surface area contributed by atoms with E-state index in [0.717, 1.165) is 49.7 Å². The Morgan fingerprint density at radius 2 is 2.12 bits per heavy atom. The summed E-state index contributed by atoms with van der Waals surface area (Å²) in [4.78, 5) is 28.2. The lowest BCUT2D eigenvalue weighted by Crippen LogP contribution is -2.43. The molecule has 3 rings (SSSR count). The maximum atomic E-state index is 12.6. The molecule has 0 spiro atoms. The molecule has 0 bridgehead atoms. The predicted octanol–water partition coefficient (Wildman–Crippen LogP) is 2.28. The van der Waals surface area contributed by atoms with E-state index in [4.69, 9.17) is 0 Å². The number of carbonyl (C=O) groups is 2. The molecule has 1 aromatic heterocycles. The van der Waals surface area contributed by atoms with Crippen molar-refractivity contribution in [3.05, 3.63) is 0 Å². The quantitative estimate of drug-likeness (QED) is 0.644. The molecule has 144 valence electrons. The Labute approximate surface area is 162 Å². The number of rotatable bonds is 9. The fourth-order valence-corrected chi connectivity index (χ4v) is 5.11. The minimum atomic E-state index is -0.173. The molecule has 1 N–H and O–H groups in total. The molecule has 0 radical (unpaired) electrons. The lowest BCUT2D eigenvalue weighted by atomic mass is 10.2. The van der Waals surface area contributed by atoms with Gasteiger partial charge >= 0.3 is 0 Å². The van der Waals surface area contributed by atoms with Crippen molar-refractivity contribution in [1.82, 2.24) is 15.5 Å². The molecule has 2 amide bonds. The van der Waals surface area contributed by atoms with Crippen LogP contribution in [-0.2, 0) is 9.59 Å². The van der Waals surface area contributed by atoms with Gasteiger partial charge in [-0.3, -0.25) is 14.5 Å². The van der Waals surface area contributed by atoms with Crippen molar-refractivity contribution < 1.29 is 9.59 Å². The van der Waals surface area contributed by atoms with Crippen LogP contribution in [0, 0.1) is 0 Å². The smallest absolute Gasteiger partial charge is 0.242 e. The van der Waals surface area contributed by atoms with E-state index >= 15 is 0 Å². The van der Waals surface area contributed by atoms with Gasteiger partial charge in [-0.15, -0.1) is 10.2 Å². The second-order valence-corrected chi connectivity index (χ2v) is 8.78. The summed E-state index contributed by atoms with van der Waals surface area (Å²) in [5.74, 6) is 2.47. The van der Waals surface area contributed by atoms with Gasteiger partial charge in [0.1, 0.15) is 6.04 Å². The Bertz CT molecular complexity index is 624. The first-order valence-corrected chi connectivity index (χ1v) is 11.4. The van der Waals surface area contributed by atoms with E-state index in [2.05, 4.69) is 22.4 Å². The molecule has 26 heavy (non-hydrogen) atoms. The Hall–Kier alpha value is -1.35. The summed E-state index contributed by atoms with van der Waals surface area (Å²) in [6.07, 6.45) is 5.47. The molecule has 0 saturated carbocycles. The highest BCUT2D eigenvalue weighted by molar-refractivity contribution is 7.99. The van der Waals surface area contributed by atoms with Crippen LogP contribution in [0.2, 0.25) is 0 Å². The molecular formula is C17H27N5O2S2. The Balaban J connectivity index is 1.52. The van der Waals surface area contributed by atoms with Gasteiger partial charge in [-0.2, -0.15) is 11.8 Å². The summed E-state index contributed by atoms with van der Waals surface area (Å²) < 4.78 is 0. The Kier molecular flexibility index (Phi) is 7.13. The van der Waals surface area contributed by atoms with Crippen molar-refractivity contribution in [3.63, 3.8) is 0 Å². The van der Waals surface area contributed by atoms with Crippen molar-refractivity contribution in [1.29, 1.82) is 0 Å². The lowest BCUT2D eigenvalue weighted by molar-refractivity contribution is -0.122. The number of amides is 2. The first-order valence-electron chi connectivity index (χ1n) is 9.46. The van der Waals surface area contributed by atoms with Crippen molar-refractivity contribution >= 4 is 45.2 Å². The first kappa shape index (κ1) is 19.4. The van der Waals surface area contributed by atoms with Gasteiger partial charge in [0, 0.05) is 26.1 Å².